The number of hydrogen-bond donors (Lipinski definition) is 0. The number of carbonyl (C=O) groups excluding carboxylic acids is 2. The van der Waals surface area contributed by atoms with Gasteiger partial charge in [0, 0.05) is 42.6 Å². The maximum atomic E-state index is 12.6. The highest BCUT2D eigenvalue weighted by molar-refractivity contribution is 9.10. The van der Waals surface area contributed by atoms with Crippen LogP contribution in [-0.4, -0.2) is 47.8 Å². The topological polar surface area (TPSA) is 40.6 Å². The molecule has 1 fully saturated rings. The van der Waals surface area contributed by atoms with Crippen LogP contribution in [0.25, 0.3) is 0 Å². The molecule has 1 aromatic carbocycles. The van der Waals surface area contributed by atoms with Gasteiger partial charge in [0.05, 0.1) is 0 Å². The van der Waals surface area contributed by atoms with Crippen molar-refractivity contribution in [2.45, 2.75) is 26.7 Å². The molecule has 0 radical (unpaired) electrons. The standard InChI is InChI=1S/C17H23BrN2O2/c1-13(2)11-16(21)19-7-4-8-20(10-9-19)17(22)14-5-3-6-15(18)12-14/h3,5-6,12-13H,4,7-11H2,1-2H3. The van der Waals surface area contributed by atoms with Gasteiger partial charge in [-0.3, -0.25) is 9.59 Å². The molecule has 0 aromatic heterocycles. The number of hydrogen-bond acceptors (Lipinski definition) is 2. The highest BCUT2D eigenvalue weighted by atomic mass is 79.9. The maximum Gasteiger partial charge on any atom is 0.253 e. The first-order valence-electron chi connectivity index (χ1n) is 7.80. The molecule has 1 aromatic rings. The van der Waals surface area contributed by atoms with Gasteiger partial charge in [-0.15, -0.1) is 0 Å². The molecule has 0 aliphatic carbocycles. The number of rotatable bonds is 3. The molecule has 1 saturated heterocycles. The van der Waals surface area contributed by atoms with Gasteiger partial charge in [-0.2, -0.15) is 0 Å². The molecular formula is C17H23BrN2O2. The Labute approximate surface area is 140 Å². The Morgan fingerprint density at radius 3 is 2.50 bits per heavy atom. The lowest BCUT2D eigenvalue weighted by molar-refractivity contribution is -0.131. The second-order valence-corrected chi connectivity index (χ2v) is 7.05. The molecule has 0 spiro atoms. The van der Waals surface area contributed by atoms with Gasteiger partial charge in [0.25, 0.3) is 5.91 Å². The summed E-state index contributed by atoms with van der Waals surface area (Å²) in [5.41, 5.74) is 0.691. The van der Waals surface area contributed by atoms with Crippen molar-refractivity contribution in [1.82, 2.24) is 9.80 Å². The van der Waals surface area contributed by atoms with Crippen molar-refractivity contribution in [2.75, 3.05) is 26.2 Å². The Kier molecular flexibility index (Phi) is 6.00. The minimum Gasteiger partial charge on any atom is -0.341 e. The van der Waals surface area contributed by atoms with E-state index >= 15 is 0 Å². The molecule has 2 rings (SSSR count). The van der Waals surface area contributed by atoms with Crippen LogP contribution in [0.4, 0.5) is 0 Å². The van der Waals surface area contributed by atoms with E-state index in [1.807, 2.05) is 34.1 Å². The van der Waals surface area contributed by atoms with Crippen LogP contribution in [0.2, 0.25) is 0 Å². The van der Waals surface area contributed by atoms with Gasteiger partial charge in [-0.25, -0.2) is 0 Å². The zero-order chi connectivity index (χ0) is 16.1. The number of amides is 2. The quantitative estimate of drug-likeness (QED) is 0.824. The summed E-state index contributed by atoms with van der Waals surface area (Å²) >= 11 is 3.40. The second-order valence-electron chi connectivity index (χ2n) is 6.13. The third kappa shape index (κ3) is 4.57. The fourth-order valence-corrected chi connectivity index (χ4v) is 3.05. The third-order valence-corrected chi connectivity index (χ3v) is 4.28. The minimum absolute atomic E-state index is 0.0412. The molecule has 120 valence electrons. The van der Waals surface area contributed by atoms with Crippen LogP contribution < -0.4 is 0 Å². The van der Waals surface area contributed by atoms with Gasteiger partial charge in [-0.05, 0) is 30.5 Å². The van der Waals surface area contributed by atoms with E-state index in [2.05, 4.69) is 29.8 Å². The maximum absolute atomic E-state index is 12.6. The minimum atomic E-state index is 0.0412. The third-order valence-electron chi connectivity index (χ3n) is 3.79. The van der Waals surface area contributed by atoms with E-state index in [-0.39, 0.29) is 11.8 Å². The summed E-state index contributed by atoms with van der Waals surface area (Å²) in [6.07, 6.45) is 1.42. The van der Waals surface area contributed by atoms with Crippen LogP contribution >= 0.6 is 15.9 Å². The molecule has 22 heavy (non-hydrogen) atoms. The summed E-state index contributed by atoms with van der Waals surface area (Å²) in [4.78, 5) is 28.5. The van der Waals surface area contributed by atoms with Crippen LogP contribution in [0.5, 0.6) is 0 Å². The summed E-state index contributed by atoms with van der Waals surface area (Å²) in [6.45, 7) is 6.79. The summed E-state index contributed by atoms with van der Waals surface area (Å²) < 4.78 is 0.905. The van der Waals surface area contributed by atoms with E-state index in [1.165, 1.54) is 0 Å². The van der Waals surface area contributed by atoms with Crippen LogP contribution in [0.3, 0.4) is 0 Å². The predicted octanol–water partition coefficient (Wildman–Crippen LogP) is 3.17. The normalized spacial score (nSPS) is 15.8. The van der Waals surface area contributed by atoms with Crippen molar-refractivity contribution in [3.8, 4) is 0 Å². The first kappa shape index (κ1) is 17.0. The summed E-state index contributed by atoms with van der Waals surface area (Å²) in [5, 5.41) is 0. The molecule has 0 saturated carbocycles. The largest absolute Gasteiger partial charge is 0.341 e. The van der Waals surface area contributed by atoms with Gasteiger partial charge >= 0.3 is 0 Å². The highest BCUT2D eigenvalue weighted by Crippen LogP contribution is 2.15. The molecule has 1 aliphatic rings. The van der Waals surface area contributed by atoms with E-state index in [4.69, 9.17) is 0 Å². The van der Waals surface area contributed by atoms with Crippen molar-refractivity contribution >= 4 is 27.7 Å². The first-order chi connectivity index (χ1) is 10.5. The molecule has 4 nitrogen and oxygen atoms in total. The number of nitrogens with zero attached hydrogens (tertiary/aromatic N) is 2. The molecule has 2 amide bonds. The molecule has 0 unspecified atom stereocenters. The summed E-state index contributed by atoms with van der Waals surface area (Å²) in [5.74, 6) is 0.612. The zero-order valence-corrected chi connectivity index (χ0v) is 14.8. The fourth-order valence-electron chi connectivity index (χ4n) is 2.65. The zero-order valence-electron chi connectivity index (χ0n) is 13.2. The molecule has 0 N–H and O–H groups in total. The van der Waals surface area contributed by atoms with E-state index in [0.29, 0.717) is 37.5 Å². The molecule has 1 heterocycles. The van der Waals surface area contributed by atoms with Crippen LogP contribution in [0.15, 0.2) is 28.7 Å². The van der Waals surface area contributed by atoms with Crippen LogP contribution in [0, 0.1) is 5.92 Å². The lowest BCUT2D eigenvalue weighted by atomic mass is 10.1. The van der Waals surface area contributed by atoms with Crippen molar-refractivity contribution in [1.29, 1.82) is 0 Å². The molecule has 0 bridgehead atoms. The van der Waals surface area contributed by atoms with Crippen molar-refractivity contribution in [2.24, 2.45) is 5.92 Å². The average molecular weight is 367 g/mol. The lowest BCUT2D eigenvalue weighted by Gasteiger charge is -2.23. The van der Waals surface area contributed by atoms with E-state index in [1.54, 1.807) is 0 Å². The van der Waals surface area contributed by atoms with E-state index in [0.717, 1.165) is 17.4 Å². The second kappa shape index (κ2) is 7.77. The van der Waals surface area contributed by atoms with Gasteiger partial charge in [-0.1, -0.05) is 35.8 Å². The monoisotopic (exact) mass is 366 g/mol. The highest BCUT2D eigenvalue weighted by Gasteiger charge is 2.23. The molecule has 1 aliphatic heterocycles. The van der Waals surface area contributed by atoms with Gasteiger partial charge in [0.2, 0.25) is 5.91 Å². The molecule has 0 atom stereocenters. The van der Waals surface area contributed by atoms with E-state index < -0.39 is 0 Å². The van der Waals surface area contributed by atoms with E-state index in [9.17, 15) is 9.59 Å². The van der Waals surface area contributed by atoms with Crippen molar-refractivity contribution < 1.29 is 9.59 Å². The van der Waals surface area contributed by atoms with Gasteiger partial charge < -0.3 is 9.80 Å². The van der Waals surface area contributed by atoms with Crippen molar-refractivity contribution in [3.63, 3.8) is 0 Å². The van der Waals surface area contributed by atoms with Crippen LogP contribution in [0.1, 0.15) is 37.0 Å². The number of carbonyl (C=O) groups is 2. The Morgan fingerprint density at radius 2 is 1.82 bits per heavy atom. The number of halogens is 1. The SMILES string of the molecule is CC(C)CC(=O)N1CCCN(C(=O)c2cccc(Br)c2)CC1. The predicted molar refractivity (Wildman–Crippen MR) is 90.7 cm³/mol. The Bertz CT molecular complexity index is 545. The van der Waals surface area contributed by atoms with Crippen LogP contribution in [-0.2, 0) is 4.79 Å². The molecular weight excluding hydrogens is 344 g/mol. The Hall–Kier alpha value is -1.36. The van der Waals surface area contributed by atoms with Gasteiger partial charge in [0.15, 0.2) is 0 Å². The Morgan fingerprint density at radius 1 is 1.14 bits per heavy atom. The lowest BCUT2D eigenvalue weighted by Crippen LogP contribution is -2.37. The number of benzene rings is 1. The average Bonchev–Trinajstić information content (AvgIpc) is 2.71. The van der Waals surface area contributed by atoms with Gasteiger partial charge in [0.1, 0.15) is 0 Å². The fraction of sp³-hybridized carbons (Fsp3) is 0.529. The Balaban J connectivity index is 1.98. The smallest absolute Gasteiger partial charge is 0.253 e. The first-order valence-corrected chi connectivity index (χ1v) is 8.59. The molecule has 5 heteroatoms. The summed E-state index contributed by atoms with van der Waals surface area (Å²) in [6, 6.07) is 7.45. The summed E-state index contributed by atoms with van der Waals surface area (Å²) in [7, 11) is 0. The van der Waals surface area contributed by atoms with Crippen molar-refractivity contribution in [3.05, 3.63) is 34.3 Å².